The lowest BCUT2D eigenvalue weighted by Crippen LogP contribution is -2.22. The van der Waals surface area contributed by atoms with Crippen molar-refractivity contribution in [1.29, 1.82) is 0 Å². The van der Waals surface area contributed by atoms with Crippen molar-refractivity contribution >= 4 is 16.9 Å². The number of phenolic OH excluding ortho intramolecular Hbond substituents is 3. The highest BCUT2D eigenvalue weighted by Crippen LogP contribution is 2.47. The van der Waals surface area contributed by atoms with E-state index in [0.717, 1.165) is 0 Å². The van der Waals surface area contributed by atoms with Gasteiger partial charge in [-0.25, -0.2) is 0 Å². The highest BCUT2D eigenvalue weighted by atomic mass is 16.5. The Morgan fingerprint density at radius 2 is 1.63 bits per heavy atom. The summed E-state index contributed by atoms with van der Waals surface area (Å²) < 4.78 is 22.2. The molecule has 0 saturated heterocycles. The normalized spacial score (nSPS) is 14.9. The number of rotatable bonds is 4. The third-order valence-electron chi connectivity index (χ3n) is 5.99. The van der Waals surface area contributed by atoms with Gasteiger partial charge in [0.2, 0.25) is 0 Å². The molecule has 0 spiro atoms. The number of hydrogen-bond donors (Lipinski definition) is 3. The Labute approximate surface area is 198 Å². The molecule has 0 fully saturated rings. The number of esters is 1. The van der Waals surface area contributed by atoms with Crippen LogP contribution in [-0.2, 0) is 4.79 Å². The van der Waals surface area contributed by atoms with Gasteiger partial charge in [-0.1, -0.05) is 6.07 Å². The molecule has 0 saturated carbocycles. The summed E-state index contributed by atoms with van der Waals surface area (Å²) in [5, 5.41) is 30.0. The minimum atomic E-state index is -0.583. The molecule has 2 heterocycles. The van der Waals surface area contributed by atoms with E-state index in [2.05, 4.69) is 0 Å². The summed E-state index contributed by atoms with van der Waals surface area (Å²) >= 11 is 0. The number of aromatic hydroxyl groups is 3. The number of ether oxygens (including phenoxy) is 3. The van der Waals surface area contributed by atoms with Gasteiger partial charge in [0.15, 0.2) is 28.4 Å². The van der Waals surface area contributed by atoms with Gasteiger partial charge in [-0.15, -0.1) is 0 Å². The first-order chi connectivity index (χ1) is 16.8. The summed E-state index contributed by atoms with van der Waals surface area (Å²) in [6.07, 6.45) is -0.0453. The van der Waals surface area contributed by atoms with Crippen molar-refractivity contribution in [1.82, 2.24) is 0 Å². The zero-order valence-corrected chi connectivity index (χ0v) is 18.7. The van der Waals surface area contributed by atoms with Crippen molar-refractivity contribution in [2.45, 2.75) is 12.3 Å². The summed E-state index contributed by atoms with van der Waals surface area (Å²) in [5.74, 6) is -1.09. The van der Waals surface area contributed by atoms with Crippen molar-refractivity contribution in [2.75, 3.05) is 14.2 Å². The maximum atomic E-state index is 13.0. The van der Waals surface area contributed by atoms with Crippen LogP contribution in [0.4, 0.5) is 0 Å². The predicted molar refractivity (Wildman–Crippen MR) is 125 cm³/mol. The van der Waals surface area contributed by atoms with Crippen LogP contribution in [0.15, 0.2) is 57.7 Å². The Morgan fingerprint density at radius 3 is 2.34 bits per heavy atom. The fourth-order valence-electron chi connectivity index (χ4n) is 4.33. The number of phenols is 3. The predicted octanol–water partition coefficient (Wildman–Crippen LogP) is 4.04. The number of hydrogen-bond acceptors (Lipinski definition) is 9. The molecular weight excluding hydrogens is 456 g/mol. The number of benzene rings is 3. The van der Waals surface area contributed by atoms with E-state index in [1.807, 2.05) is 0 Å². The van der Waals surface area contributed by atoms with E-state index in [1.54, 1.807) is 18.2 Å². The average molecular weight is 476 g/mol. The van der Waals surface area contributed by atoms with Gasteiger partial charge in [-0.05, 0) is 35.9 Å². The summed E-state index contributed by atoms with van der Waals surface area (Å²) in [4.78, 5) is 25.5. The van der Waals surface area contributed by atoms with E-state index in [9.17, 15) is 24.9 Å². The van der Waals surface area contributed by atoms with Crippen LogP contribution in [0.5, 0.6) is 34.5 Å². The van der Waals surface area contributed by atoms with Crippen LogP contribution in [0.3, 0.4) is 0 Å². The fraction of sp³-hybridized carbons (Fsp3) is 0.154. The maximum Gasteiger partial charge on any atom is 0.312 e. The maximum absolute atomic E-state index is 13.0. The third-order valence-corrected chi connectivity index (χ3v) is 5.99. The molecular formula is C26H20O9. The molecule has 3 aromatic carbocycles. The van der Waals surface area contributed by atoms with Crippen LogP contribution < -0.4 is 19.6 Å². The van der Waals surface area contributed by atoms with Gasteiger partial charge >= 0.3 is 5.97 Å². The van der Waals surface area contributed by atoms with Gasteiger partial charge in [0.25, 0.3) is 0 Å². The van der Waals surface area contributed by atoms with Gasteiger partial charge < -0.3 is 33.9 Å². The summed E-state index contributed by atoms with van der Waals surface area (Å²) in [5.41, 5.74) is 0.931. The number of carbonyl (C=O) groups excluding carboxylic acids is 1. The Hall–Kier alpha value is -4.66. The molecule has 9 heteroatoms. The smallest absolute Gasteiger partial charge is 0.312 e. The SMILES string of the molecule is COc1ccc(C2CC(=O)Oc3cc(O)c4c(=O)cc(-c5ccc(O)c(O)c5)oc4c32)cc1OC. The van der Waals surface area contributed by atoms with E-state index in [4.69, 9.17) is 18.6 Å². The van der Waals surface area contributed by atoms with Crippen molar-refractivity contribution < 1.29 is 38.7 Å². The highest BCUT2D eigenvalue weighted by Gasteiger charge is 2.34. The van der Waals surface area contributed by atoms with Crippen molar-refractivity contribution in [3.05, 3.63) is 69.9 Å². The molecule has 9 nitrogen and oxygen atoms in total. The second-order valence-corrected chi connectivity index (χ2v) is 8.04. The molecule has 1 aliphatic rings. The Morgan fingerprint density at radius 1 is 0.857 bits per heavy atom. The van der Waals surface area contributed by atoms with E-state index in [0.29, 0.717) is 28.2 Å². The molecule has 1 aromatic heterocycles. The van der Waals surface area contributed by atoms with Crippen LogP contribution in [0.2, 0.25) is 0 Å². The fourth-order valence-corrected chi connectivity index (χ4v) is 4.33. The topological polar surface area (TPSA) is 136 Å². The minimum absolute atomic E-state index is 0.0438. The first-order valence-corrected chi connectivity index (χ1v) is 10.6. The van der Waals surface area contributed by atoms with Gasteiger partial charge in [0.05, 0.1) is 20.6 Å². The quantitative estimate of drug-likeness (QED) is 0.226. The average Bonchev–Trinajstić information content (AvgIpc) is 2.84. The molecule has 0 aliphatic carbocycles. The third kappa shape index (κ3) is 3.67. The Bertz CT molecular complexity index is 1550. The lowest BCUT2D eigenvalue weighted by atomic mass is 9.85. The summed E-state index contributed by atoms with van der Waals surface area (Å²) in [7, 11) is 3.01. The molecule has 0 amide bonds. The molecule has 3 N–H and O–H groups in total. The van der Waals surface area contributed by atoms with Crippen molar-refractivity contribution in [3.63, 3.8) is 0 Å². The number of methoxy groups -OCH3 is 2. The zero-order chi connectivity index (χ0) is 24.9. The van der Waals surface area contributed by atoms with E-state index >= 15 is 0 Å². The molecule has 0 bridgehead atoms. The zero-order valence-electron chi connectivity index (χ0n) is 18.7. The highest BCUT2D eigenvalue weighted by molar-refractivity contribution is 5.93. The van der Waals surface area contributed by atoms with Crippen LogP contribution in [0.25, 0.3) is 22.3 Å². The molecule has 35 heavy (non-hydrogen) atoms. The second-order valence-electron chi connectivity index (χ2n) is 8.04. The lowest BCUT2D eigenvalue weighted by molar-refractivity contribution is -0.135. The summed E-state index contributed by atoms with van der Waals surface area (Å²) in [6.45, 7) is 0. The van der Waals surface area contributed by atoms with Crippen molar-refractivity contribution in [2.24, 2.45) is 0 Å². The van der Waals surface area contributed by atoms with E-state index in [-0.39, 0.29) is 40.4 Å². The molecule has 178 valence electrons. The standard InChI is InChI=1S/C26H20O9/c1-32-19-6-4-12(8-21(19)33-2)14-9-23(31)34-22-11-18(30)25-17(29)10-20(35-26(25)24(14)22)13-3-5-15(27)16(28)7-13/h3-8,10-11,14,27-28,30H,9H2,1-2H3. The van der Waals surface area contributed by atoms with Gasteiger partial charge in [0, 0.05) is 29.2 Å². The van der Waals surface area contributed by atoms with Crippen LogP contribution in [-0.4, -0.2) is 35.5 Å². The molecule has 1 aliphatic heterocycles. The Balaban J connectivity index is 1.79. The largest absolute Gasteiger partial charge is 0.507 e. The second kappa shape index (κ2) is 8.28. The van der Waals surface area contributed by atoms with Gasteiger partial charge in [0.1, 0.15) is 28.2 Å². The summed E-state index contributed by atoms with van der Waals surface area (Å²) in [6, 6.07) is 11.6. The monoisotopic (exact) mass is 476 g/mol. The van der Waals surface area contributed by atoms with Crippen LogP contribution >= 0.6 is 0 Å². The van der Waals surface area contributed by atoms with E-state index in [1.165, 1.54) is 44.6 Å². The van der Waals surface area contributed by atoms with Gasteiger partial charge in [-0.3, -0.25) is 9.59 Å². The molecule has 5 rings (SSSR count). The first-order valence-electron chi connectivity index (χ1n) is 10.6. The molecule has 1 unspecified atom stereocenters. The lowest BCUT2D eigenvalue weighted by Gasteiger charge is -2.26. The van der Waals surface area contributed by atoms with Crippen LogP contribution in [0, 0.1) is 0 Å². The van der Waals surface area contributed by atoms with E-state index < -0.39 is 23.1 Å². The Kier molecular flexibility index (Phi) is 5.24. The van der Waals surface area contributed by atoms with Gasteiger partial charge in [-0.2, -0.15) is 0 Å². The molecule has 0 radical (unpaired) electrons. The first kappa shape index (κ1) is 22.1. The number of fused-ring (bicyclic) bond motifs is 3. The minimum Gasteiger partial charge on any atom is -0.507 e. The number of carbonyl (C=O) groups is 1. The molecule has 1 atom stereocenters. The molecule has 4 aromatic rings. The van der Waals surface area contributed by atoms with Crippen molar-refractivity contribution in [3.8, 4) is 45.8 Å². The van der Waals surface area contributed by atoms with Crippen LogP contribution in [0.1, 0.15) is 23.5 Å².